The summed E-state index contributed by atoms with van der Waals surface area (Å²) in [4.78, 5) is 4.75. The molecule has 0 bridgehead atoms. The minimum absolute atomic E-state index is 0.0163. The molecule has 3 heterocycles. The molecule has 518 valence electrons. The van der Waals surface area contributed by atoms with E-state index in [0.717, 1.165) is 95.0 Å². The molecule has 12 aromatic rings. The highest BCUT2D eigenvalue weighted by atomic mass is 15.2. The molecule has 0 fully saturated rings. The van der Waals surface area contributed by atoms with E-state index < -0.39 is 30.9 Å². The topological polar surface area (TPSA) is 11.4 Å². The van der Waals surface area contributed by atoms with Crippen LogP contribution in [0.15, 0.2) is 218 Å². The van der Waals surface area contributed by atoms with E-state index >= 15 is 0 Å². The van der Waals surface area contributed by atoms with Crippen LogP contribution in [0.2, 0.25) is 0 Å². The lowest BCUT2D eigenvalue weighted by molar-refractivity contribution is 0.568. The smallest absolute Gasteiger partial charge is 0.252 e. The van der Waals surface area contributed by atoms with Crippen molar-refractivity contribution in [2.45, 2.75) is 209 Å². The monoisotopic (exact) mass is 1350 g/mol. The van der Waals surface area contributed by atoms with Gasteiger partial charge in [-0.05, 0) is 209 Å². The van der Waals surface area contributed by atoms with Crippen molar-refractivity contribution in [2.24, 2.45) is 0 Å². The van der Waals surface area contributed by atoms with Gasteiger partial charge in [-0.25, -0.2) is 0 Å². The third kappa shape index (κ3) is 12.9. The maximum Gasteiger partial charge on any atom is 0.252 e. The molecule has 0 spiro atoms. The molecule has 0 aliphatic carbocycles. The van der Waals surface area contributed by atoms with Gasteiger partial charge < -0.3 is 14.4 Å². The number of benzene rings is 11. The van der Waals surface area contributed by atoms with Gasteiger partial charge in [-0.3, -0.25) is 0 Å². The summed E-state index contributed by atoms with van der Waals surface area (Å²) in [6.45, 7) is 54.3. The molecule has 102 heavy (non-hydrogen) atoms. The van der Waals surface area contributed by atoms with Crippen LogP contribution in [0.3, 0.4) is 0 Å². The average Bonchev–Trinajstić information content (AvgIpc) is 1.07. The van der Waals surface area contributed by atoms with Gasteiger partial charge in [0.05, 0.1) is 27.7 Å². The van der Waals surface area contributed by atoms with E-state index in [2.05, 4.69) is 346 Å². The van der Waals surface area contributed by atoms with Crippen molar-refractivity contribution in [1.82, 2.24) is 4.57 Å². The zero-order valence-corrected chi connectivity index (χ0v) is 65.1. The molecule has 11 aromatic carbocycles. The van der Waals surface area contributed by atoms with Gasteiger partial charge in [-0.15, -0.1) is 0 Å². The number of hydrogen-bond donors (Lipinski definition) is 0. The van der Waals surface area contributed by atoms with Gasteiger partial charge in [0.2, 0.25) is 0 Å². The minimum Gasteiger partial charge on any atom is -0.311 e. The lowest BCUT2D eigenvalue weighted by Gasteiger charge is -2.45. The van der Waals surface area contributed by atoms with E-state index in [-0.39, 0.29) is 89.3 Å². The van der Waals surface area contributed by atoms with Crippen LogP contribution in [0.25, 0.3) is 72.0 Å². The second-order valence-corrected chi connectivity index (χ2v) is 37.6. The molecule has 2 aliphatic heterocycles. The predicted octanol–water partition coefficient (Wildman–Crippen LogP) is 25.9. The quantitative estimate of drug-likeness (QED) is 0.147. The third-order valence-corrected chi connectivity index (χ3v) is 21.6. The first-order chi connectivity index (χ1) is 50.9. The number of anilines is 6. The van der Waals surface area contributed by atoms with Gasteiger partial charge in [0, 0.05) is 44.9 Å². The number of nitrogens with zero attached hydrogens (tertiary/aromatic N) is 3. The van der Waals surface area contributed by atoms with Crippen molar-refractivity contribution in [1.29, 1.82) is 0 Å². The van der Waals surface area contributed by atoms with Crippen molar-refractivity contribution < 1.29 is 11.0 Å². The molecule has 0 amide bonds. The fraction of sp³-hybridized carbons (Fsp3) is 0.327. The molecule has 0 radical (unpaired) electrons. The summed E-state index contributed by atoms with van der Waals surface area (Å²) in [6, 6.07) is 61.0. The minimum atomic E-state index is -0.494. The van der Waals surface area contributed by atoms with Gasteiger partial charge in [-0.2, -0.15) is 0 Å². The third-order valence-electron chi connectivity index (χ3n) is 21.6. The van der Waals surface area contributed by atoms with Crippen molar-refractivity contribution >= 4 is 79.0 Å². The molecule has 1 aromatic heterocycles. The summed E-state index contributed by atoms with van der Waals surface area (Å²) < 4.78 is 78.2. The maximum absolute atomic E-state index is 9.99. The number of rotatable bonds is 7. The number of para-hydroxylation sites is 2. The number of fused-ring (bicyclic) bond motifs is 7. The molecule has 0 N–H and O–H groups in total. The van der Waals surface area contributed by atoms with Crippen molar-refractivity contribution in [3.8, 4) is 50.2 Å². The molecule has 3 nitrogen and oxygen atoms in total. The highest BCUT2D eigenvalue weighted by molar-refractivity contribution is 7.00. The Morgan fingerprint density at radius 1 is 0.245 bits per heavy atom. The Morgan fingerprint density at radius 2 is 0.539 bits per heavy atom. The average molecular weight is 1350 g/mol. The van der Waals surface area contributed by atoms with Gasteiger partial charge in [0.25, 0.3) is 6.71 Å². The number of hydrogen-bond acceptors (Lipinski definition) is 2. The van der Waals surface area contributed by atoms with Gasteiger partial charge >= 0.3 is 0 Å². The second kappa shape index (κ2) is 24.3. The van der Waals surface area contributed by atoms with Crippen LogP contribution >= 0.6 is 0 Å². The van der Waals surface area contributed by atoms with E-state index in [1.54, 1.807) is 4.57 Å². The van der Waals surface area contributed by atoms with Crippen LogP contribution in [0.4, 0.5) is 34.1 Å². The fourth-order valence-electron chi connectivity index (χ4n) is 15.0. The lowest BCUT2D eigenvalue weighted by Crippen LogP contribution is -2.61. The van der Waals surface area contributed by atoms with Crippen molar-refractivity contribution in [3.05, 3.63) is 263 Å². The molecular weight excluding hydrogens is 1230 g/mol. The number of aromatic nitrogens is 1. The van der Waals surface area contributed by atoms with Gasteiger partial charge in [0.15, 0.2) is 0 Å². The molecule has 14 rings (SSSR count). The Labute approximate surface area is 623 Å². The van der Waals surface area contributed by atoms with Crippen LogP contribution < -0.4 is 26.2 Å². The fourth-order valence-corrected chi connectivity index (χ4v) is 15.0. The summed E-state index contributed by atoms with van der Waals surface area (Å²) in [5.41, 5.74) is 26.4. The molecule has 0 atom stereocenters. The lowest BCUT2D eigenvalue weighted by atomic mass is 9.33. The van der Waals surface area contributed by atoms with E-state index in [1.807, 2.05) is 0 Å². The summed E-state index contributed by atoms with van der Waals surface area (Å²) >= 11 is 0. The Morgan fingerprint density at radius 3 is 0.882 bits per heavy atom. The first-order valence-electron chi connectivity index (χ1n) is 40.8. The molecule has 0 unspecified atom stereocenters. The Bertz CT molecular complexity index is 5580. The summed E-state index contributed by atoms with van der Waals surface area (Å²) in [7, 11) is 0. The van der Waals surface area contributed by atoms with Gasteiger partial charge in [0.1, 0.15) is 0 Å². The largest absolute Gasteiger partial charge is 0.311 e. The highest BCUT2D eigenvalue weighted by Crippen LogP contribution is 2.50. The standard InChI is InChI=1S/C98H108BN3/c1-91(2,3)69-45-65(46-70(55-69)92(4,5)6)61-33-39-77(40-34-61)100-86-44-38-63(67-49-73(95(13,14)15)57-74(50-67)96(16,17)18)53-83(86)99-82-43-37-64(68-51-75(97(19,20)21)58-76(52-68)98(22,23)24)54-87(82)101(78-41-35-62(36-42-78)66-47-71(93(7,8)9)56-72(48-66)94(10,11)12)89-60-79(59-88(100)90(89)99)102-84-31-27-25-29-80(84)81-30-26-28-32-85(81)102/h25-60H,1-24H3/i25D,26D,27D,28D,29D,30D,31D,32D. The molecule has 0 saturated heterocycles. The van der Waals surface area contributed by atoms with E-state index in [1.165, 1.54) is 44.5 Å². The van der Waals surface area contributed by atoms with Crippen LogP contribution in [0.5, 0.6) is 0 Å². The summed E-state index contributed by atoms with van der Waals surface area (Å²) in [6.07, 6.45) is 0. The first-order valence-corrected chi connectivity index (χ1v) is 36.8. The van der Waals surface area contributed by atoms with Crippen LogP contribution in [0.1, 0.15) is 222 Å². The normalized spacial score (nSPS) is 14.9. The Balaban J connectivity index is 1.15. The molecule has 2 aliphatic rings. The zero-order valence-electron chi connectivity index (χ0n) is 73.1. The molecule has 0 saturated carbocycles. The Hall–Kier alpha value is -9.12. The van der Waals surface area contributed by atoms with E-state index in [9.17, 15) is 8.22 Å². The summed E-state index contributed by atoms with van der Waals surface area (Å²) in [5, 5.41) is 0.0325. The molecular formula is C98H108BN3. The van der Waals surface area contributed by atoms with E-state index in [0.29, 0.717) is 5.69 Å². The summed E-state index contributed by atoms with van der Waals surface area (Å²) in [5.74, 6) is 0. The van der Waals surface area contributed by atoms with Crippen LogP contribution in [-0.2, 0) is 43.3 Å². The van der Waals surface area contributed by atoms with Crippen molar-refractivity contribution in [2.75, 3.05) is 9.80 Å². The highest BCUT2D eigenvalue weighted by Gasteiger charge is 2.45. The zero-order chi connectivity index (χ0) is 80.0. The van der Waals surface area contributed by atoms with E-state index in [4.69, 9.17) is 2.74 Å². The van der Waals surface area contributed by atoms with Crippen molar-refractivity contribution in [3.63, 3.8) is 0 Å². The maximum atomic E-state index is 9.99. The van der Waals surface area contributed by atoms with Crippen LogP contribution in [-0.4, -0.2) is 11.3 Å². The second-order valence-electron chi connectivity index (χ2n) is 37.6. The first kappa shape index (κ1) is 60.5. The molecule has 4 heteroatoms. The SMILES string of the molecule is [2H]c1c([2H])c([2H])c2c(c1[2H])c1c([2H])c([2H])c([2H])c([2H])c1n2-c1cc2c3c(c1)N(c1ccc(-c4cc(C(C)(C)C)cc(C(C)(C)C)c4)cc1)c1cc(-c4cc(C(C)(C)C)cc(C(C)(C)C)c4)ccc1B3c1cc(-c3cc(C(C)(C)C)cc(C(C)(C)C)c3)ccc1N2c1ccc(-c2cc(C(C)(C)C)cc(C(C)(C)C)c2)cc1. The predicted molar refractivity (Wildman–Crippen MR) is 446 cm³/mol. The van der Waals surface area contributed by atoms with Crippen LogP contribution in [0, 0.1) is 0 Å². The van der Waals surface area contributed by atoms with Gasteiger partial charge in [-0.1, -0.05) is 324 Å². The Kier molecular flexibility index (Phi) is 14.4.